The molecule has 0 aromatic heterocycles. The van der Waals surface area contributed by atoms with Gasteiger partial charge in [-0.05, 0) is 17.7 Å². The summed E-state index contributed by atoms with van der Waals surface area (Å²) in [5.41, 5.74) is 0.696. The molecule has 0 fully saturated rings. The molecule has 0 spiro atoms. The first kappa shape index (κ1) is 9.36. The van der Waals surface area contributed by atoms with Crippen LogP contribution in [0, 0.1) is 11.3 Å². The molecule has 0 heterocycles. The third-order valence-corrected chi connectivity index (χ3v) is 1.64. The molecule has 0 aliphatic carbocycles. The van der Waals surface area contributed by atoms with E-state index in [9.17, 15) is 5.11 Å². The number of benzene rings is 1. The Labute approximate surface area is 75.6 Å². The van der Waals surface area contributed by atoms with Crippen LogP contribution in [0.2, 0.25) is 0 Å². The molecular weight excluding hydrogens is 170 g/mol. The van der Waals surface area contributed by atoms with E-state index in [-0.39, 0.29) is 23.7 Å². The molecule has 1 aromatic carbocycles. The number of rotatable bonds is 2. The van der Waals surface area contributed by atoms with E-state index in [1.54, 1.807) is 0 Å². The van der Waals surface area contributed by atoms with Crippen molar-refractivity contribution in [1.82, 2.24) is 0 Å². The molecule has 0 amide bonds. The Morgan fingerprint density at radius 3 is 2.69 bits per heavy atom. The van der Waals surface area contributed by atoms with E-state index >= 15 is 0 Å². The fourth-order valence-electron chi connectivity index (χ4n) is 1.06. The van der Waals surface area contributed by atoms with E-state index in [4.69, 9.17) is 15.1 Å². The summed E-state index contributed by atoms with van der Waals surface area (Å²) in [5.74, 6) is 0.00491. The van der Waals surface area contributed by atoms with Crippen molar-refractivity contribution in [3.8, 4) is 17.6 Å². The second kappa shape index (κ2) is 3.78. The molecule has 0 aliphatic heterocycles. The lowest BCUT2D eigenvalue weighted by Gasteiger charge is -2.06. The molecular formula is C9H9NO3. The third-order valence-electron chi connectivity index (χ3n) is 1.64. The van der Waals surface area contributed by atoms with Crippen LogP contribution in [0.3, 0.4) is 0 Å². The van der Waals surface area contributed by atoms with Crippen LogP contribution < -0.4 is 4.74 Å². The monoisotopic (exact) mass is 179 g/mol. The number of hydrogen-bond acceptors (Lipinski definition) is 4. The van der Waals surface area contributed by atoms with Crippen molar-refractivity contribution in [3.63, 3.8) is 0 Å². The molecule has 2 N–H and O–H groups in total. The van der Waals surface area contributed by atoms with Gasteiger partial charge in [0.15, 0.2) is 11.5 Å². The largest absolute Gasteiger partial charge is 0.504 e. The molecule has 0 saturated heterocycles. The Kier molecular flexibility index (Phi) is 2.72. The normalized spacial score (nSPS) is 9.31. The van der Waals surface area contributed by atoms with Crippen LogP contribution in [-0.2, 0) is 6.61 Å². The molecule has 13 heavy (non-hydrogen) atoms. The van der Waals surface area contributed by atoms with E-state index in [1.165, 1.54) is 19.2 Å². The van der Waals surface area contributed by atoms with Crippen LogP contribution in [0.1, 0.15) is 11.1 Å². The first-order chi connectivity index (χ1) is 6.22. The highest BCUT2D eigenvalue weighted by Gasteiger charge is 2.09. The highest BCUT2D eigenvalue weighted by atomic mass is 16.5. The lowest BCUT2D eigenvalue weighted by Crippen LogP contribution is -1.92. The zero-order valence-electron chi connectivity index (χ0n) is 7.11. The van der Waals surface area contributed by atoms with Crippen molar-refractivity contribution in [2.45, 2.75) is 6.61 Å². The Hall–Kier alpha value is -1.73. The standard InChI is InChI=1S/C9H9NO3/c1-13-9-7(4-10)2-6(5-11)3-8(9)12/h2-3,11-12H,5H2,1H3. The molecule has 0 bridgehead atoms. The molecule has 0 unspecified atom stereocenters. The number of phenolic OH excluding ortho intramolecular Hbond substituents is 1. The van der Waals surface area contributed by atoms with Crippen molar-refractivity contribution in [3.05, 3.63) is 23.3 Å². The molecule has 4 heteroatoms. The van der Waals surface area contributed by atoms with Crippen LogP contribution in [-0.4, -0.2) is 17.3 Å². The fraction of sp³-hybridized carbons (Fsp3) is 0.222. The number of hydrogen-bond donors (Lipinski definition) is 2. The Morgan fingerprint density at radius 1 is 1.54 bits per heavy atom. The topological polar surface area (TPSA) is 73.5 Å². The number of aromatic hydroxyl groups is 1. The van der Waals surface area contributed by atoms with E-state index in [2.05, 4.69) is 0 Å². The first-order valence-electron chi connectivity index (χ1n) is 3.63. The Bertz CT molecular complexity index is 355. The van der Waals surface area contributed by atoms with Crippen molar-refractivity contribution < 1.29 is 14.9 Å². The van der Waals surface area contributed by atoms with Crippen molar-refractivity contribution in [2.75, 3.05) is 7.11 Å². The Balaban J connectivity index is 3.31. The Morgan fingerprint density at radius 2 is 2.23 bits per heavy atom. The van der Waals surface area contributed by atoms with Gasteiger partial charge in [0.2, 0.25) is 0 Å². The van der Waals surface area contributed by atoms with E-state index in [1.807, 2.05) is 6.07 Å². The van der Waals surface area contributed by atoms with Crippen molar-refractivity contribution in [2.24, 2.45) is 0 Å². The van der Waals surface area contributed by atoms with Crippen LogP contribution in [0.15, 0.2) is 12.1 Å². The van der Waals surface area contributed by atoms with Crippen LogP contribution in [0.25, 0.3) is 0 Å². The maximum atomic E-state index is 9.35. The second-order valence-corrected chi connectivity index (χ2v) is 2.47. The van der Waals surface area contributed by atoms with Gasteiger partial charge in [-0.1, -0.05) is 0 Å². The van der Waals surface area contributed by atoms with E-state index in [0.717, 1.165) is 0 Å². The number of aliphatic hydroxyl groups is 1. The minimum absolute atomic E-state index is 0.134. The SMILES string of the molecule is COc1c(O)cc(CO)cc1C#N. The maximum Gasteiger partial charge on any atom is 0.178 e. The van der Waals surface area contributed by atoms with Gasteiger partial charge < -0.3 is 14.9 Å². The number of aliphatic hydroxyl groups excluding tert-OH is 1. The predicted octanol–water partition coefficient (Wildman–Crippen LogP) is 0.765. The third kappa shape index (κ3) is 1.71. The van der Waals surface area contributed by atoms with Crippen LogP contribution >= 0.6 is 0 Å². The molecule has 1 aromatic rings. The van der Waals surface area contributed by atoms with Crippen molar-refractivity contribution >= 4 is 0 Å². The maximum absolute atomic E-state index is 9.35. The van der Waals surface area contributed by atoms with Gasteiger partial charge in [0.05, 0.1) is 19.3 Å². The van der Waals surface area contributed by atoms with Gasteiger partial charge in [0, 0.05) is 0 Å². The number of ether oxygens (including phenoxy) is 1. The minimum Gasteiger partial charge on any atom is -0.504 e. The lowest BCUT2D eigenvalue weighted by molar-refractivity contribution is 0.280. The van der Waals surface area contributed by atoms with Gasteiger partial charge in [0.25, 0.3) is 0 Å². The van der Waals surface area contributed by atoms with Crippen molar-refractivity contribution in [1.29, 1.82) is 5.26 Å². The van der Waals surface area contributed by atoms with Gasteiger partial charge >= 0.3 is 0 Å². The number of nitriles is 1. The van der Waals surface area contributed by atoms with E-state index < -0.39 is 0 Å². The van der Waals surface area contributed by atoms with Gasteiger partial charge in [-0.15, -0.1) is 0 Å². The fourth-order valence-corrected chi connectivity index (χ4v) is 1.06. The summed E-state index contributed by atoms with van der Waals surface area (Å²) < 4.78 is 4.81. The second-order valence-electron chi connectivity index (χ2n) is 2.47. The molecule has 0 atom stereocenters. The summed E-state index contributed by atoms with van der Waals surface area (Å²) in [6, 6.07) is 4.70. The molecule has 1 rings (SSSR count). The molecule has 68 valence electrons. The number of nitrogens with zero attached hydrogens (tertiary/aromatic N) is 1. The predicted molar refractivity (Wildman–Crippen MR) is 45.3 cm³/mol. The summed E-state index contributed by atoms with van der Waals surface area (Å²) in [6.45, 7) is -0.216. The van der Waals surface area contributed by atoms with Gasteiger partial charge in [-0.2, -0.15) is 5.26 Å². The summed E-state index contributed by atoms with van der Waals surface area (Å²) in [4.78, 5) is 0. The molecule has 0 radical (unpaired) electrons. The van der Waals surface area contributed by atoms with Crippen LogP contribution in [0.4, 0.5) is 0 Å². The smallest absolute Gasteiger partial charge is 0.178 e. The average molecular weight is 179 g/mol. The summed E-state index contributed by atoms with van der Waals surface area (Å²) >= 11 is 0. The number of methoxy groups -OCH3 is 1. The number of phenols is 1. The highest BCUT2D eigenvalue weighted by molar-refractivity contribution is 5.53. The van der Waals surface area contributed by atoms with E-state index in [0.29, 0.717) is 5.56 Å². The summed E-state index contributed by atoms with van der Waals surface area (Å²) in [6.07, 6.45) is 0. The first-order valence-corrected chi connectivity index (χ1v) is 3.63. The van der Waals surface area contributed by atoms with Gasteiger partial charge in [0.1, 0.15) is 6.07 Å². The highest BCUT2D eigenvalue weighted by Crippen LogP contribution is 2.30. The minimum atomic E-state index is -0.216. The quantitative estimate of drug-likeness (QED) is 0.703. The van der Waals surface area contributed by atoms with Crippen LogP contribution in [0.5, 0.6) is 11.5 Å². The zero-order valence-corrected chi connectivity index (χ0v) is 7.11. The zero-order chi connectivity index (χ0) is 9.84. The lowest BCUT2D eigenvalue weighted by atomic mass is 10.1. The summed E-state index contributed by atoms with van der Waals surface area (Å²) in [5, 5.41) is 26.8. The molecule has 0 saturated carbocycles. The van der Waals surface area contributed by atoms with Gasteiger partial charge in [-0.3, -0.25) is 0 Å². The molecule has 4 nitrogen and oxygen atoms in total. The summed E-state index contributed by atoms with van der Waals surface area (Å²) in [7, 11) is 1.37. The van der Waals surface area contributed by atoms with Gasteiger partial charge in [-0.25, -0.2) is 0 Å². The average Bonchev–Trinajstić information content (AvgIpc) is 2.16. The molecule has 0 aliphatic rings.